The van der Waals surface area contributed by atoms with E-state index < -0.39 is 5.97 Å². The van der Waals surface area contributed by atoms with Crippen molar-refractivity contribution in [2.45, 2.75) is 6.42 Å². The molecule has 0 spiro atoms. The molecular formula is C11H8BrNO3. The lowest BCUT2D eigenvalue weighted by Crippen LogP contribution is -2.07. The van der Waals surface area contributed by atoms with Crippen LogP contribution in [-0.4, -0.2) is 19.4 Å². The largest absolute Gasteiger partial charge is 0.469 e. The Morgan fingerprint density at radius 3 is 2.81 bits per heavy atom. The molecule has 1 aromatic rings. The number of halogens is 1. The molecule has 5 heteroatoms. The van der Waals surface area contributed by atoms with Crippen molar-refractivity contribution in [2.24, 2.45) is 0 Å². The van der Waals surface area contributed by atoms with Crippen LogP contribution in [0.1, 0.15) is 21.5 Å². The maximum Gasteiger partial charge on any atom is 0.310 e. The summed E-state index contributed by atoms with van der Waals surface area (Å²) in [5, 5.41) is 8.96. The van der Waals surface area contributed by atoms with Crippen LogP contribution in [0.25, 0.3) is 0 Å². The fourth-order valence-corrected chi connectivity index (χ4v) is 1.69. The number of nitrogens with zero attached hydrogens (tertiary/aromatic N) is 1. The number of aldehydes is 1. The smallest absolute Gasteiger partial charge is 0.310 e. The summed E-state index contributed by atoms with van der Waals surface area (Å²) in [5.74, 6) is -0.448. The molecule has 0 radical (unpaired) electrons. The zero-order chi connectivity index (χ0) is 12.1. The zero-order valence-corrected chi connectivity index (χ0v) is 10.1. The third-order valence-electron chi connectivity index (χ3n) is 2.07. The molecule has 0 saturated heterocycles. The van der Waals surface area contributed by atoms with Crippen LogP contribution in [0.15, 0.2) is 16.6 Å². The first-order chi connectivity index (χ1) is 7.63. The van der Waals surface area contributed by atoms with Crippen LogP contribution in [0, 0.1) is 11.3 Å². The van der Waals surface area contributed by atoms with Gasteiger partial charge in [-0.1, -0.05) is 22.0 Å². The normalized spacial score (nSPS) is 9.31. The minimum Gasteiger partial charge on any atom is -0.469 e. The Bertz CT molecular complexity index is 477. The van der Waals surface area contributed by atoms with E-state index in [-0.39, 0.29) is 17.5 Å². The third-order valence-corrected chi connectivity index (χ3v) is 2.76. The highest BCUT2D eigenvalue weighted by Gasteiger charge is 2.14. The van der Waals surface area contributed by atoms with Crippen molar-refractivity contribution < 1.29 is 14.3 Å². The number of carbonyl (C=O) groups is 2. The van der Waals surface area contributed by atoms with Crippen LogP contribution in [0.5, 0.6) is 0 Å². The number of methoxy groups -OCH3 is 1. The van der Waals surface area contributed by atoms with Crippen LogP contribution in [0.2, 0.25) is 0 Å². The van der Waals surface area contributed by atoms with E-state index in [4.69, 9.17) is 5.26 Å². The minimum absolute atomic E-state index is 0.0203. The number of rotatable bonds is 3. The Kier molecular flexibility index (Phi) is 4.20. The summed E-state index contributed by atoms with van der Waals surface area (Å²) in [5.41, 5.74) is 0.943. The molecule has 0 aliphatic heterocycles. The Hall–Kier alpha value is -1.67. The molecule has 4 nitrogen and oxygen atoms in total. The van der Waals surface area contributed by atoms with Crippen molar-refractivity contribution in [3.63, 3.8) is 0 Å². The number of benzene rings is 1. The number of nitriles is 1. The summed E-state index contributed by atoms with van der Waals surface area (Å²) >= 11 is 3.17. The van der Waals surface area contributed by atoms with E-state index >= 15 is 0 Å². The zero-order valence-electron chi connectivity index (χ0n) is 8.49. The molecule has 0 fully saturated rings. The van der Waals surface area contributed by atoms with Crippen molar-refractivity contribution >= 4 is 28.2 Å². The number of ether oxygens (including phenoxy) is 1. The van der Waals surface area contributed by atoms with Crippen molar-refractivity contribution in [2.75, 3.05) is 7.11 Å². The number of hydrogen-bond acceptors (Lipinski definition) is 4. The Balaban J connectivity index is 3.26. The van der Waals surface area contributed by atoms with Gasteiger partial charge in [0, 0.05) is 10.0 Å². The molecule has 1 rings (SSSR count). The van der Waals surface area contributed by atoms with E-state index in [1.54, 1.807) is 12.1 Å². The van der Waals surface area contributed by atoms with Gasteiger partial charge in [-0.2, -0.15) is 5.26 Å². The summed E-state index contributed by atoms with van der Waals surface area (Å²) in [6.07, 6.45) is 0.566. The van der Waals surface area contributed by atoms with Gasteiger partial charge in [-0.05, 0) is 11.6 Å². The molecule has 0 bridgehead atoms. The van der Waals surface area contributed by atoms with Crippen LogP contribution in [0.4, 0.5) is 0 Å². The minimum atomic E-state index is -0.448. The Labute approximate surface area is 101 Å². The summed E-state index contributed by atoms with van der Waals surface area (Å²) in [6, 6.07) is 5.16. The average molecular weight is 282 g/mol. The molecule has 16 heavy (non-hydrogen) atoms. The molecule has 1 aromatic carbocycles. The summed E-state index contributed by atoms with van der Waals surface area (Å²) in [7, 11) is 1.27. The average Bonchev–Trinajstić information content (AvgIpc) is 2.30. The summed E-state index contributed by atoms with van der Waals surface area (Å²) in [4.78, 5) is 21.9. The van der Waals surface area contributed by atoms with E-state index in [0.29, 0.717) is 16.3 Å². The topological polar surface area (TPSA) is 67.2 Å². The summed E-state index contributed by atoms with van der Waals surface area (Å²) < 4.78 is 5.04. The van der Waals surface area contributed by atoms with Crippen molar-refractivity contribution in [3.8, 4) is 6.07 Å². The number of carbonyl (C=O) groups excluding carboxylic acids is 2. The van der Waals surface area contributed by atoms with Gasteiger partial charge in [-0.15, -0.1) is 0 Å². The van der Waals surface area contributed by atoms with E-state index in [0.717, 1.165) is 0 Å². The lowest BCUT2D eigenvalue weighted by molar-refractivity contribution is -0.139. The van der Waals surface area contributed by atoms with Crippen LogP contribution in [0.3, 0.4) is 0 Å². The molecule has 0 saturated carbocycles. The lowest BCUT2D eigenvalue weighted by Gasteiger charge is -2.06. The first-order valence-electron chi connectivity index (χ1n) is 4.37. The molecule has 0 aromatic heterocycles. The van der Waals surface area contributed by atoms with E-state index in [1.165, 1.54) is 7.11 Å². The van der Waals surface area contributed by atoms with E-state index in [1.807, 2.05) is 6.07 Å². The second-order valence-corrected chi connectivity index (χ2v) is 3.83. The highest BCUT2D eigenvalue weighted by atomic mass is 79.9. The second kappa shape index (κ2) is 5.42. The van der Waals surface area contributed by atoms with Gasteiger partial charge in [0.05, 0.1) is 19.1 Å². The van der Waals surface area contributed by atoms with Gasteiger partial charge in [0.2, 0.25) is 0 Å². The van der Waals surface area contributed by atoms with Crippen molar-refractivity contribution in [3.05, 3.63) is 33.3 Å². The van der Waals surface area contributed by atoms with E-state index in [2.05, 4.69) is 20.7 Å². The first-order valence-corrected chi connectivity index (χ1v) is 5.16. The lowest BCUT2D eigenvalue weighted by atomic mass is 10.0. The van der Waals surface area contributed by atoms with Gasteiger partial charge in [0.15, 0.2) is 6.29 Å². The first kappa shape index (κ1) is 12.4. The number of hydrogen-bond donors (Lipinski definition) is 0. The van der Waals surface area contributed by atoms with Gasteiger partial charge < -0.3 is 4.74 Å². The third kappa shape index (κ3) is 2.47. The van der Waals surface area contributed by atoms with Gasteiger partial charge >= 0.3 is 5.97 Å². The predicted molar refractivity (Wildman–Crippen MR) is 60.0 cm³/mol. The second-order valence-electron chi connectivity index (χ2n) is 2.98. The fourth-order valence-electron chi connectivity index (χ4n) is 1.26. The van der Waals surface area contributed by atoms with E-state index in [9.17, 15) is 9.59 Å². The quantitative estimate of drug-likeness (QED) is 0.626. The SMILES string of the molecule is COC(=O)Cc1ccc(Br)c(C=O)c1C#N. The molecule has 0 aliphatic carbocycles. The maximum atomic E-state index is 11.1. The highest BCUT2D eigenvalue weighted by molar-refractivity contribution is 9.10. The standard InChI is InChI=1S/C11H8BrNO3/c1-16-11(15)4-7-2-3-10(12)9(6-14)8(7)5-13/h2-3,6H,4H2,1H3. The van der Waals surface area contributed by atoms with Crippen molar-refractivity contribution in [1.82, 2.24) is 0 Å². The molecule has 0 unspecified atom stereocenters. The molecule has 0 aliphatic rings. The van der Waals surface area contributed by atoms with Crippen LogP contribution < -0.4 is 0 Å². The monoisotopic (exact) mass is 281 g/mol. The van der Waals surface area contributed by atoms with Crippen LogP contribution in [-0.2, 0) is 16.0 Å². The molecule has 0 heterocycles. The molecule has 0 N–H and O–H groups in total. The van der Waals surface area contributed by atoms with Crippen molar-refractivity contribution in [1.29, 1.82) is 5.26 Å². The summed E-state index contributed by atoms with van der Waals surface area (Å²) in [6.45, 7) is 0. The Morgan fingerprint density at radius 1 is 1.62 bits per heavy atom. The van der Waals surface area contributed by atoms with Crippen LogP contribution >= 0.6 is 15.9 Å². The number of esters is 1. The highest BCUT2D eigenvalue weighted by Crippen LogP contribution is 2.22. The molecule has 82 valence electrons. The molecule has 0 amide bonds. The van der Waals surface area contributed by atoms with Gasteiger partial charge in [-0.25, -0.2) is 0 Å². The van der Waals surface area contributed by atoms with Gasteiger partial charge in [0.1, 0.15) is 6.07 Å². The van der Waals surface area contributed by atoms with Gasteiger partial charge in [0.25, 0.3) is 0 Å². The van der Waals surface area contributed by atoms with Gasteiger partial charge in [-0.3, -0.25) is 9.59 Å². The predicted octanol–water partition coefficient (Wildman–Crippen LogP) is 1.85. The fraction of sp³-hybridized carbons (Fsp3) is 0.182. The Morgan fingerprint density at radius 2 is 2.31 bits per heavy atom. The molecular weight excluding hydrogens is 274 g/mol. The maximum absolute atomic E-state index is 11.1. The molecule has 0 atom stereocenters.